The lowest BCUT2D eigenvalue weighted by molar-refractivity contribution is 0.660. The highest BCUT2D eigenvalue weighted by Gasteiger charge is 2.36. The molecule has 486 valence electrons. The van der Waals surface area contributed by atoms with Crippen LogP contribution in [0.15, 0.2) is 388 Å². The molecule has 0 radical (unpaired) electrons. The summed E-state index contributed by atoms with van der Waals surface area (Å²) >= 11 is 0. The lowest BCUT2D eigenvalue weighted by atomic mass is 9.81. The first-order valence-electron chi connectivity index (χ1n) is 34.9. The predicted octanol–water partition coefficient (Wildman–Crippen LogP) is 27.3. The van der Waals surface area contributed by atoms with Crippen LogP contribution in [0.5, 0.6) is 0 Å². The summed E-state index contributed by atoms with van der Waals surface area (Å²) in [6.45, 7) is 4.76. The van der Waals surface area contributed by atoms with Gasteiger partial charge in [-0.15, -0.1) is 0 Å². The number of para-hydroxylation sites is 5. The minimum absolute atomic E-state index is 0. The third-order valence-corrected chi connectivity index (χ3v) is 20.6. The van der Waals surface area contributed by atoms with Crippen molar-refractivity contribution in [3.05, 3.63) is 399 Å². The van der Waals surface area contributed by atoms with E-state index in [9.17, 15) is 0 Å². The minimum Gasteiger partial charge on any atom is -0.311 e. The van der Waals surface area contributed by atoms with Crippen LogP contribution in [-0.2, 0) is 5.41 Å². The number of hydrogen-bond acceptors (Lipinski definition) is 2. The lowest BCUT2D eigenvalue weighted by Crippen LogP contribution is -2.16. The van der Waals surface area contributed by atoms with Crippen molar-refractivity contribution in [2.45, 2.75) is 26.7 Å². The first-order chi connectivity index (χ1) is 49.8. The van der Waals surface area contributed by atoms with Gasteiger partial charge in [-0.3, -0.25) is 0 Å². The number of aromatic nitrogens is 2. The van der Waals surface area contributed by atoms with E-state index >= 15 is 0 Å². The monoisotopic (exact) mass is 1310 g/mol. The molecule has 0 unspecified atom stereocenters. The van der Waals surface area contributed by atoms with Gasteiger partial charge in [0.15, 0.2) is 0 Å². The molecule has 2 aromatic heterocycles. The maximum absolute atomic E-state index is 2.44. The van der Waals surface area contributed by atoms with Crippen LogP contribution in [0.1, 0.15) is 32.4 Å². The van der Waals surface area contributed by atoms with E-state index in [1.165, 1.54) is 133 Å². The van der Waals surface area contributed by atoms with Gasteiger partial charge < -0.3 is 18.9 Å². The molecular formula is C98H74N4. The first-order valence-corrected chi connectivity index (χ1v) is 34.9. The predicted molar refractivity (Wildman–Crippen MR) is 434 cm³/mol. The third-order valence-electron chi connectivity index (χ3n) is 20.6. The molecule has 2 heterocycles. The van der Waals surface area contributed by atoms with Gasteiger partial charge in [0.25, 0.3) is 0 Å². The molecule has 0 spiro atoms. The van der Waals surface area contributed by atoms with Gasteiger partial charge in [-0.2, -0.15) is 0 Å². The summed E-state index contributed by atoms with van der Waals surface area (Å²) in [5.41, 5.74) is 28.9. The molecular weight excluding hydrogens is 1230 g/mol. The zero-order chi connectivity index (χ0) is 67.4. The van der Waals surface area contributed by atoms with Crippen LogP contribution in [0.4, 0.5) is 34.1 Å². The van der Waals surface area contributed by atoms with Crippen LogP contribution in [0.2, 0.25) is 0 Å². The number of nitrogens with zero attached hydrogens (tertiary/aromatic N) is 4. The van der Waals surface area contributed by atoms with E-state index < -0.39 is 0 Å². The smallest absolute Gasteiger partial charge is 0.0541 e. The van der Waals surface area contributed by atoms with Gasteiger partial charge in [-0.25, -0.2) is 0 Å². The van der Waals surface area contributed by atoms with Gasteiger partial charge in [-0.05, 0) is 217 Å². The first kappa shape index (κ1) is 62.5. The van der Waals surface area contributed by atoms with Crippen LogP contribution >= 0.6 is 0 Å². The molecule has 0 amide bonds. The van der Waals surface area contributed by atoms with Gasteiger partial charge in [0.2, 0.25) is 0 Å². The largest absolute Gasteiger partial charge is 0.311 e. The maximum Gasteiger partial charge on any atom is 0.0541 e. The Balaban J connectivity index is 0.000000150. The zero-order valence-corrected chi connectivity index (χ0v) is 56.2. The summed E-state index contributed by atoms with van der Waals surface area (Å²) in [6.07, 6.45) is 0. The Morgan fingerprint density at radius 1 is 0.216 bits per heavy atom. The van der Waals surface area contributed by atoms with E-state index in [4.69, 9.17) is 0 Å². The third kappa shape index (κ3) is 11.3. The van der Waals surface area contributed by atoms with Crippen molar-refractivity contribution in [1.82, 2.24) is 9.13 Å². The molecule has 0 fully saturated rings. The van der Waals surface area contributed by atoms with Gasteiger partial charge in [0.05, 0.1) is 22.1 Å². The molecule has 18 aromatic rings. The highest BCUT2D eigenvalue weighted by Crippen LogP contribution is 2.52. The Kier molecular flexibility index (Phi) is 16.1. The standard InChI is InChI=1S/C49H36N2.C48H34N2.CH4/c1-49(2)45-31-36(35-23-28-48-44(30-35)43-19-11-12-20-47(43)51(48)38-17-7-4-8-18-38)22-26-41(45)42-27-25-40(32-46(42)49)50(37-15-5-3-6-16-37)39-24-21-33-13-9-10-14-34(33)29-39;1-4-12-35(13-5-1)37-20-27-42(28-21-37)49(43-29-22-38(23-30-43)36-14-6-2-7-15-36)44-31-24-39(25-32-44)40-26-33-48-46(34-40)45-18-10-11-19-47(45)50(48)41-16-8-3-9-17-41;/h3-32H,1-2H3;1-34H;1H4. The quantitative estimate of drug-likeness (QED) is 0.121. The molecule has 0 bridgehead atoms. The average Bonchev–Trinajstić information content (AvgIpc) is 1.57. The van der Waals surface area contributed by atoms with Crippen molar-refractivity contribution in [3.63, 3.8) is 0 Å². The molecule has 1 aliphatic rings. The van der Waals surface area contributed by atoms with E-state index in [2.05, 4.69) is 421 Å². The Labute approximate surface area is 596 Å². The summed E-state index contributed by atoms with van der Waals surface area (Å²) in [5, 5.41) is 7.54. The van der Waals surface area contributed by atoms with Crippen LogP contribution in [0, 0.1) is 0 Å². The summed E-state index contributed by atoms with van der Waals surface area (Å²) in [7, 11) is 0. The fraction of sp³-hybridized carbons (Fsp3) is 0.0408. The van der Waals surface area contributed by atoms with E-state index in [0.717, 1.165) is 34.1 Å². The molecule has 0 saturated carbocycles. The maximum atomic E-state index is 2.44. The van der Waals surface area contributed by atoms with E-state index in [1.54, 1.807) is 0 Å². The van der Waals surface area contributed by atoms with Crippen molar-refractivity contribution in [3.8, 4) is 67.0 Å². The molecule has 16 aromatic carbocycles. The SMILES string of the molecule is C.CC1(C)c2cc(-c3ccc4c(c3)c3ccccc3n4-c3ccccc3)ccc2-c2ccc(N(c3ccccc3)c3ccc4ccccc4c3)cc21.c1ccc(-c2ccc(N(c3ccc(-c4ccccc4)cc3)c3ccc(-c4ccc5c(c4)c4ccccc4n5-c4ccccc4)cc3)cc2)cc1. The molecule has 102 heavy (non-hydrogen) atoms. The highest BCUT2D eigenvalue weighted by molar-refractivity contribution is 6.12. The molecule has 0 saturated heterocycles. The molecule has 19 rings (SSSR count). The van der Waals surface area contributed by atoms with E-state index in [1.807, 2.05) is 0 Å². The van der Waals surface area contributed by atoms with Crippen LogP contribution in [-0.4, -0.2) is 9.13 Å². The Morgan fingerprint density at radius 2 is 0.529 bits per heavy atom. The minimum atomic E-state index is -0.171. The zero-order valence-electron chi connectivity index (χ0n) is 56.2. The van der Waals surface area contributed by atoms with E-state index in [-0.39, 0.29) is 12.8 Å². The van der Waals surface area contributed by atoms with Crippen LogP contribution in [0.25, 0.3) is 121 Å². The molecule has 4 heteroatoms. The van der Waals surface area contributed by atoms with Gasteiger partial charge in [-0.1, -0.05) is 270 Å². The van der Waals surface area contributed by atoms with Crippen molar-refractivity contribution in [2.75, 3.05) is 9.80 Å². The van der Waals surface area contributed by atoms with Gasteiger partial charge in [0.1, 0.15) is 0 Å². The van der Waals surface area contributed by atoms with Crippen molar-refractivity contribution >= 4 is 88.5 Å². The molecule has 0 aliphatic heterocycles. The Hall–Kier alpha value is -13.0. The fourth-order valence-electron chi connectivity index (χ4n) is 15.5. The average molecular weight is 1310 g/mol. The second-order valence-corrected chi connectivity index (χ2v) is 26.9. The second-order valence-electron chi connectivity index (χ2n) is 26.9. The fourth-order valence-corrected chi connectivity index (χ4v) is 15.5. The highest BCUT2D eigenvalue weighted by atomic mass is 15.1. The number of rotatable bonds is 12. The van der Waals surface area contributed by atoms with Crippen molar-refractivity contribution in [2.24, 2.45) is 0 Å². The second kappa shape index (κ2) is 26.3. The summed E-state index contributed by atoms with van der Waals surface area (Å²) in [4.78, 5) is 4.72. The van der Waals surface area contributed by atoms with Crippen molar-refractivity contribution in [1.29, 1.82) is 0 Å². The molecule has 0 N–H and O–H groups in total. The van der Waals surface area contributed by atoms with Gasteiger partial charge >= 0.3 is 0 Å². The van der Waals surface area contributed by atoms with Crippen molar-refractivity contribution < 1.29 is 0 Å². The summed E-state index contributed by atoms with van der Waals surface area (Å²) in [5.74, 6) is 0. The molecule has 4 nitrogen and oxygen atoms in total. The van der Waals surface area contributed by atoms with Crippen LogP contribution in [0.3, 0.4) is 0 Å². The lowest BCUT2D eigenvalue weighted by Gasteiger charge is -2.28. The molecule has 0 atom stereocenters. The summed E-state index contributed by atoms with van der Waals surface area (Å²) < 4.78 is 4.74. The van der Waals surface area contributed by atoms with Crippen LogP contribution < -0.4 is 9.80 Å². The Bertz CT molecular complexity index is 5970. The number of fused-ring (bicyclic) bond motifs is 10. The van der Waals surface area contributed by atoms with Gasteiger partial charge in [0, 0.05) is 72.5 Å². The van der Waals surface area contributed by atoms with E-state index in [0.29, 0.717) is 0 Å². The number of hydrogen-bond donors (Lipinski definition) is 0. The Morgan fingerprint density at radius 3 is 1.04 bits per heavy atom. The summed E-state index contributed by atoms with van der Waals surface area (Å²) in [6, 6.07) is 141. The normalized spacial score (nSPS) is 12.0. The molecule has 1 aliphatic carbocycles. The number of anilines is 6. The number of benzene rings is 16. The topological polar surface area (TPSA) is 16.3 Å².